The summed E-state index contributed by atoms with van der Waals surface area (Å²) in [5.41, 5.74) is 3.04. The van der Waals surface area contributed by atoms with Crippen LogP contribution >= 0.6 is 0 Å². The second kappa shape index (κ2) is 14.2. The van der Waals surface area contributed by atoms with Gasteiger partial charge in [-0.05, 0) is 68.2 Å². The fourth-order valence-corrected chi connectivity index (χ4v) is 8.53. The van der Waals surface area contributed by atoms with Crippen molar-refractivity contribution in [2.75, 3.05) is 70.1 Å². The van der Waals surface area contributed by atoms with E-state index in [0.29, 0.717) is 63.4 Å². The van der Waals surface area contributed by atoms with Crippen LogP contribution in [0.5, 0.6) is 11.8 Å². The highest BCUT2D eigenvalue weighted by molar-refractivity contribution is 5.98. The monoisotopic (exact) mass is 679 g/mol. The molecule has 4 aliphatic rings. The summed E-state index contributed by atoms with van der Waals surface area (Å²) in [7, 11) is 3.02. The number of carbonyl (C=O) groups excluding carboxylic acids is 1. The molecule has 3 atom stereocenters. The summed E-state index contributed by atoms with van der Waals surface area (Å²) in [5.74, 6) is 0.730. The minimum atomic E-state index is -0.860. The molecule has 0 spiro atoms. The third-order valence-electron chi connectivity index (χ3n) is 10.9. The highest BCUT2D eigenvalue weighted by atomic mass is 19.1. The summed E-state index contributed by atoms with van der Waals surface area (Å²) in [6, 6.07) is 7.46. The number of nitrogens with zero attached hydrogens (tertiary/aromatic N) is 5. The van der Waals surface area contributed by atoms with Gasteiger partial charge in [0.2, 0.25) is 0 Å². The van der Waals surface area contributed by atoms with E-state index in [0.717, 1.165) is 78.7 Å². The summed E-state index contributed by atoms with van der Waals surface area (Å²) < 4.78 is 52.5. The lowest BCUT2D eigenvalue weighted by molar-refractivity contribution is -0.145. The first-order chi connectivity index (χ1) is 23.8. The molecule has 2 aromatic carbocycles. The van der Waals surface area contributed by atoms with Gasteiger partial charge in [-0.1, -0.05) is 19.4 Å². The highest BCUT2D eigenvalue weighted by Crippen LogP contribution is 2.42. The minimum absolute atomic E-state index is 0.0946. The molecule has 12 heteroatoms. The van der Waals surface area contributed by atoms with Crippen molar-refractivity contribution >= 4 is 28.2 Å². The Morgan fingerprint density at radius 3 is 2.73 bits per heavy atom. The van der Waals surface area contributed by atoms with Crippen LogP contribution in [-0.2, 0) is 33.7 Å². The third kappa shape index (κ3) is 6.61. The number of hydrogen-bond donors (Lipinski definition) is 0. The predicted octanol–water partition coefficient (Wildman–Crippen LogP) is 5.61. The van der Waals surface area contributed by atoms with Gasteiger partial charge in [0, 0.05) is 62.4 Å². The fourth-order valence-electron chi connectivity index (χ4n) is 8.53. The van der Waals surface area contributed by atoms with Crippen molar-refractivity contribution in [3.05, 3.63) is 46.9 Å². The quantitative estimate of drug-likeness (QED) is 0.199. The standard InChI is InChI=1S/C37H47F2N5O5/c1-4-28-30(39)10-9-24-16-27(49-23-46-2)17-32(33(24)28)42-15-11-29-31(21-42)40-36(48-22-37-12-7-14-44(37)20-26(38)18-37)41-34(29)43-13-6-5-8-25(19-43)35(45)47-3/h9-10,16-17,25-26H,4-8,11-15,18-23H2,1-3H3/t25?,26-,37+/m1/s1. The van der Waals surface area contributed by atoms with Crippen LogP contribution in [0, 0.1) is 11.7 Å². The van der Waals surface area contributed by atoms with Gasteiger partial charge in [0.15, 0.2) is 6.79 Å². The van der Waals surface area contributed by atoms with Crippen molar-refractivity contribution in [1.29, 1.82) is 0 Å². The molecule has 0 saturated carbocycles. The van der Waals surface area contributed by atoms with Crippen LogP contribution in [0.2, 0.25) is 0 Å². The number of ether oxygens (including phenoxy) is 4. The Hall–Kier alpha value is -3.77. The molecular weight excluding hydrogens is 632 g/mol. The highest BCUT2D eigenvalue weighted by Gasteiger charge is 2.49. The second-order valence-electron chi connectivity index (χ2n) is 13.9. The largest absolute Gasteiger partial charge is 0.469 e. The normalized spacial score (nSPS) is 24.1. The fraction of sp³-hybridized carbons (Fsp3) is 0.595. The first-order valence-electron chi connectivity index (χ1n) is 17.7. The van der Waals surface area contributed by atoms with Crippen molar-refractivity contribution in [1.82, 2.24) is 14.9 Å². The number of fused-ring (bicyclic) bond motifs is 3. The number of rotatable bonds is 10. The lowest BCUT2D eigenvalue weighted by Crippen LogP contribution is -2.43. The number of esters is 1. The lowest BCUT2D eigenvalue weighted by Gasteiger charge is -2.35. The molecule has 1 unspecified atom stereocenters. The molecule has 0 N–H and O–H groups in total. The zero-order valence-corrected chi connectivity index (χ0v) is 28.8. The molecule has 10 nitrogen and oxygen atoms in total. The van der Waals surface area contributed by atoms with E-state index in [1.165, 1.54) is 13.2 Å². The Labute approximate surface area is 286 Å². The maximum absolute atomic E-state index is 15.2. The molecule has 3 saturated heterocycles. The molecule has 0 radical (unpaired) electrons. The summed E-state index contributed by atoms with van der Waals surface area (Å²) in [5, 5.41) is 1.75. The van der Waals surface area contributed by atoms with Crippen LogP contribution in [0.15, 0.2) is 24.3 Å². The van der Waals surface area contributed by atoms with E-state index in [1.807, 2.05) is 19.1 Å². The van der Waals surface area contributed by atoms with Crippen molar-refractivity contribution in [2.24, 2.45) is 5.92 Å². The van der Waals surface area contributed by atoms with Crippen LogP contribution in [0.25, 0.3) is 10.8 Å². The molecule has 49 heavy (non-hydrogen) atoms. The van der Waals surface area contributed by atoms with Gasteiger partial charge < -0.3 is 28.7 Å². The molecule has 0 aliphatic carbocycles. The lowest BCUT2D eigenvalue weighted by atomic mass is 9.95. The number of aromatic nitrogens is 2. The van der Waals surface area contributed by atoms with Crippen molar-refractivity contribution in [2.45, 2.75) is 76.5 Å². The zero-order valence-electron chi connectivity index (χ0n) is 28.8. The van der Waals surface area contributed by atoms with E-state index in [2.05, 4.69) is 14.7 Å². The van der Waals surface area contributed by atoms with E-state index in [1.54, 1.807) is 13.2 Å². The SMILES string of the molecule is CCc1c(F)ccc2cc(OCOC)cc(N3CCc4c(nc(OC[C@@]56CCCN5C[C@H](F)C6)nc4N4CCCCC(C(=O)OC)C4)C3)c12. The van der Waals surface area contributed by atoms with Crippen LogP contribution in [0.1, 0.15) is 62.3 Å². The Morgan fingerprint density at radius 1 is 1.04 bits per heavy atom. The van der Waals surface area contributed by atoms with Gasteiger partial charge in [0.25, 0.3) is 0 Å². The molecule has 0 amide bonds. The van der Waals surface area contributed by atoms with E-state index in [4.69, 9.17) is 28.9 Å². The smallest absolute Gasteiger partial charge is 0.318 e. The molecule has 1 aromatic heterocycles. The van der Waals surface area contributed by atoms with Crippen molar-refractivity contribution in [3.63, 3.8) is 0 Å². The Bertz CT molecular complexity index is 1690. The van der Waals surface area contributed by atoms with Gasteiger partial charge in [0.1, 0.15) is 30.2 Å². The van der Waals surface area contributed by atoms with Gasteiger partial charge in [-0.2, -0.15) is 9.97 Å². The second-order valence-corrected chi connectivity index (χ2v) is 13.9. The number of hydrogen-bond acceptors (Lipinski definition) is 10. The molecule has 3 aromatic rings. The Kier molecular flexibility index (Phi) is 9.79. The van der Waals surface area contributed by atoms with Crippen molar-refractivity contribution in [3.8, 4) is 11.8 Å². The van der Waals surface area contributed by atoms with E-state index < -0.39 is 6.17 Å². The summed E-state index contributed by atoms with van der Waals surface area (Å²) in [6.45, 7) is 6.05. The van der Waals surface area contributed by atoms with Crippen LogP contribution in [0.3, 0.4) is 0 Å². The number of aryl methyl sites for hydroxylation is 1. The van der Waals surface area contributed by atoms with Gasteiger partial charge in [-0.25, -0.2) is 8.78 Å². The Balaban J connectivity index is 1.27. The number of methoxy groups -OCH3 is 2. The molecule has 3 fully saturated rings. The number of alkyl halides is 1. The molecular formula is C37H47F2N5O5. The van der Waals surface area contributed by atoms with Gasteiger partial charge in [0.05, 0.1) is 30.8 Å². The van der Waals surface area contributed by atoms with E-state index in [9.17, 15) is 9.18 Å². The number of halogens is 2. The van der Waals surface area contributed by atoms with Gasteiger partial charge in [-0.3, -0.25) is 9.69 Å². The average Bonchev–Trinajstić information content (AvgIpc) is 3.52. The topological polar surface area (TPSA) is 89.5 Å². The summed E-state index contributed by atoms with van der Waals surface area (Å²) >= 11 is 0. The van der Waals surface area contributed by atoms with Crippen LogP contribution < -0.4 is 19.3 Å². The maximum atomic E-state index is 15.2. The summed E-state index contributed by atoms with van der Waals surface area (Å²) in [6.07, 6.45) is 5.30. The number of anilines is 2. The molecule has 4 aliphatic heterocycles. The van der Waals surface area contributed by atoms with Gasteiger partial charge >= 0.3 is 12.0 Å². The average molecular weight is 680 g/mol. The minimum Gasteiger partial charge on any atom is -0.469 e. The number of benzene rings is 2. The molecule has 264 valence electrons. The maximum Gasteiger partial charge on any atom is 0.318 e. The summed E-state index contributed by atoms with van der Waals surface area (Å²) in [4.78, 5) is 29.4. The molecule has 0 bridgehead atoms. The zero-order chi connectivity index (χ0) is 34.1. The van der Waals surface area contributed by atoms with E-state index >= 15 is 4.39 Å². The first-order valence-corrected chi connectivity index (χ1v) is 17.7. The Morgan fingerprint density at radius 2 is 1.92 bits per heavy atom. The van der Waals surface area contributed by atoms with E-state index in [-0.39, 0.29) is 36.0 Å². The predicted molar refractivity (Wildman–Crippen MR) is 183 cm³/mol. The first kappa shape index (κ1) is 33.7. The molecule has 7 rings (SSSR count). The van der Waals surface area contributed by atoms with Gasteiger partial charge in [-0.15, -0.1) is 0 Å². The van der Waals surface area contributed by atoms with Crippen LogP contribution in [-0.4, -0.2) is 92.9 Å². The third-order valence-corrected chi connectivity index (χ3v) is 10.9. The molecule has 5 heterocycles. The van der Waals surface area contributed by atoms with Crippen LogP contribution in [0.4, 0.5) is 20.3 Å². The number of carbonyl (C=O) groups is 1. The van der Waals surface area contributed by atoms with Crippen molar-refractivity contribution < 1.29 is 32.5 Å².